The third-order valence-corrected chi connectivity index (χ3v) is 5.95. The van der Waals surface area contributed by atoms with Gasteiger partial charge in [-0.3, -0.25) is 4.79 Å². The van der Waals surface area contributed by atoms with Crippen LogP contribution in [-0.4, -0.2) is 32.2 Å². The number of aryl methyl sites for hydroxylation is 1. The van der Waals surface area contributed by atoms with Crippen LogP contribution < -0.4 is 10.2 Å². The minimum absolute atomic E-state index is 0.184. The molecule has 0 spiro atoms. The van der Waals surface area contributed by atoms with Crippen molar-refractivity contribution < 1.29 is 13.9 Å². The van der Waals surface area contributed by atoms with Crippen LogP contribution in [0.5, 0.6) is 0 Å². The van der Waals surface area contributed by atoms with E-state index in [4.69, 9.17) is 4.74 Å². The molecule has 1 fully saturated rings. The summed E-state index contributed by atoms with van der Waals surface area (Å²) >= 11 is 1.48. The van der Waals surface area contributed by atoms with Crippen LogP contribution in [0.1, 0.15) is 15.2 Å². The molecule has 28 heavy (non-hydrogen) atoms. The lowest BCUT2D eigenvalue weighted by atomic mass is 10.1. The van der Waals surface area contributed by atoms with E-state index in [1.54, 1.807) is 13.0 Å². The predicted molar refractivity (Wildman–Crippen MR) is 112 cm³/mol. The number of amides is 1. The molecule has 0 radical (unpaired) electrons. The molecule has 6 heteroatoms. The number of morpholine rings is 1. The van der Waals surface area contributed by atoms with Crippen molar-refractivity contribution in [2.75, 3.05) is 36.5 Å². The first-order chi connectivity index (χ1) is 13.6. The number of rotatable bonds is 4. The molecule has 3 aromatic rings. The average Bonchev–Trinajstić information content (AvgIpc) is 3.17. The molecule has 1 aromatic heterocycles. The molecular formula is C22H21FN2O2S. The second-order valence-corrected chi connectivity index (χ2v) is 7.74. The summed E-state index contributed by atoms with van der Waals surface area (Å²) in [6, 6.07) is 16.4. The predicted octanol–water partition coefficient (Wildman–Crippen LogP) is 4.95. The van der Waals surface area contributed by atoms with Gasteiger partial charge in [0, 0.05) is 24.3 Å². The average molecular weight is 396 g/mol. The summed E-state index contributed by atoms with van der Waals surface area (Å²) in [5.41, 5.74) is 3.45. The molecule has 144 valence electrons. The number of halogens is 1. The van der Waals surface area contributed by atoms with Crippen LogP contribution in [0, 0.1) is 12.7 Å². The number of benzene rings is 2. The second-order valence-electron chi connectivity index (χ2n) is 6.71. The highest BCUT2D eigenvalue weighted by Crippen LogP contribution is 2.39. The Morgan fingerprint density at radius 2 is 1.86 bits per heavy atom. The standard InChI is InChI=1S/C22H21FN2O2S/c1-15-13-17(23)7-8-19(15)24-21(26)20-14-18(16-5-3-2-4-6-16)22(28-20)25-9-11-27-12-10-25/h2-8,13-14H,9-12H2,1H3,(H,24,26). The van der Waals surface area contributed by atoms with Gasteiger partial charge in [-0.05, 0) is 42.3 Å². The molecule has 0 aliphatic carbocycles. The lowest BCUT2D eigenvalue weighted by Gasteiger charge is -2.28. The number of nitrogens with zero attached hydrogens (tertiary/aromatic N) is 1. The molecular weight excluding hydrogens is 375 g/mol. The van der Waals surface area contributed by atoms with Gasteiger partial charge in [-0.1, -0.05) is 30.3 Å². The Labute approximate surface area is 167 Å². The summed E-state index contributed by atoms with van der Waals surface area (Å²) in [6.07, 6.45) is 0. The first-order valence-electron chi connectivity index (χ1n) is 9.21. The largest absolute Gasteiger partial charge is 0.378 e. The van der Waals surface area contributed by atoms with Gasteiger partial charge in [0.1, 0.15) is 5.82 Å². The number of hydrogen-bond acceptors (Lipinski definition) is 4. The highest BCUT2D eigenvalue weighted by molar-refractivity contribution is 7.18. The van der Waals surface area contributed by atoms with Gasteiger partial charge in [-0.25, -0.2) is 4.39 Å². The third kappa shape index (κ3) is 3.93. The van der Waals surface area contributed by atoms with Gasteiger partial charge < -0.3 is 15.0 Å². The maximum Gasteiger partial charge on any atom is 0.265 e. The van der Waals surface area contributed by atoms with E-state index in [1.807, 2.05) is 24.3 Å². The number of ether oxygens (including phenoxy) is 1. The number of thiophene rings is 1. The molecule has 2 aromatic carbocycles. The molecule has 0 unspecified atom stereocenters. The van der Waals surface area contributed by atoms with Crippen LogP contribution >= 0.6 is 11.3 Å². The number of anilines is 2. The molecule has 0 bridgehead atoms. The van der Waals surface area contributed by atoms with Gasteiger partial charge in [0.25, 0.3) is 5.91 Å². The second kappa shape index (κ2) is 8.12. The van der Waals surface area contributed by atoms with Crippen molar-refractivity contribution in [2.45, 2.75) is 6.92 Å². The molecule has 2 heterocycles. The molecule has 1 aliphatic rings. The number of carbonyl (C=O) groups excluding carboxylic acids is 1. The minimum Gasteiger partial charge on any atom is -0.378 e. The summed E-state index contributed by atoms with van der Waals surface area (Å²) < 4.78 is 18.8. The van der Waals surface area contributed by atoms with Gasteiger partial charge in [0.05, 0.1) is 23.1 Å². The zero-order valence-corrected chi connectivity index (χ0v) is 16.4. The topological polar surface area (TPSA) is 41.6 Å². The summed E-state index contributed by atoms with van der Waals surface area (Å²) in [4.78, 5) is 15.8. The fourth-order valence-corrected chi connectivity index (χ4v) is 4.40. The molecule has 1 amide bonds. The SMILES string of the molecule is Cc1cc(F)ccc1NC(=O)c1cc(-c2ccccc2)c(N2CCOCC2)s1. The van der Waals surface area contributed by atoms with Crippen molar-refractivity contribution in [2.24, 2.45) is 0 Å². The minimum atomic E-state index is -0.312. The highest BCUT2D eigenvalue weighted by Gasteiger charge is 2.22. The van der Waals surface area contributed by atoms with Gasteiger partial charge in [-0.15, -0.1) is 11.3 Å². The van der Waals surface area contributed by atoms with Gasteiger partial charge >= 0.3 is 0 Å². The van der Waals surface area contributed by atoms with Crippen LogP contribution in [0.25, 0.3) is 11.1 Å². The fraction of sp³-hybridized carbons (Fsp3) is 0.227. The maximum absolute atomic E-state index is 13.3. The Kier molecular flexibility index (Phi) is 5.41. The lowest BCUT2D eigenvalue weighted by molar-refractivity contribution is 0.103. The van der Waals surface area contributed by atoms with Crippen molar-refractivity contribution in [1.82, 2.24) is 0 Å². The van der Waals surface area contributed by atoms with Gasteiger partial charge in [-0.2, -0.15) is 0 Å². The van der Waals surface area contributed by atoms with E-state index in [0.717, 1.165) is 29.2 Å². The lowest BCUT2D eigenvalue weighted by Crippen LogP contribution is -2.35. The number of carbonyl (C=O) groups is 1. The maximum atomic E-state index is 13.3. The Morgan fingerprint density at radius 3 is 2.57 bits per heavy atom. The van der Waals surface area contributed by atoms with E-state index in [1.165, 1.54) is 23.5 Å². The van der Waals surface area contributed by atoms with Crippen molar-refractivity contribution in [3.8, 4) is 11.1 Å². The normalized spacial score (nSPS) is 14.1. The van der Waals surface area contributed by atoms with Gasteiger partial charge in [0.15, 0.2) is 0 Å². The van der Waals surface area contributed by atoms with Crippen LogP contribution in [0.3, 0.4) is 0 Å². The fourth-order valence-electron chi connectivity index (χ4n) is 3.27. The zero-order chi connectivity index (χ0) is 19.5. The first-order valence-corrected chi connectivity index (χ1v) is 10.0. The van der Waals surface area contributed by atoms with Gasteiger partial charge in [0.2, 0.25) is 0 Å². The van der Waals surface area contributed by atoms with Crippen LogP contribution in [-0.2, 0) is 4.74 Å². The summed E-state index contributed by atoms with van der Waals surface area (Å²) in [6.45, 7) is 4.75. The van der Waals surface area contributed by atoms with E-state index in [-0.39, 0.29) is 11.7 Å². The van der Waals surface area contributed by atoms with Crippen LogP contribution in [0.15, 0.2) is 54.6 Å². The van der Waals surface area contributed by atoms with E-state index in [0.29, 0.717) is 29.3 Å². The zero-order valence-electron chi connectivity index (χ0n) is 15.6. The summed E-state index contributed by atoms with van der Waals surface area (Å²) in [5, 5.41) is 3.99. The third-order valence-electron chi connectivity index (χ3n) is 4.76. The van der Waals surface area contributed by atoms with Crippen molar-refractivity contribution in [3.05, 3.63) is 70.9 Å². The quantitative estimate of drug-likeness (QED) is 0.678. The molecule has 4 rings (SSSR count). The summed E-state index contributed by atoms with van der Waals surface area (Å²) in [7, 11) is 0. The van der Waals surface area contributed by atoms with E-state index < -0.39 is 0 Å². The smallest absolute Gasteiger partial charge is 0.265 e. The van der Waals surface area contributed by atoms with Crippen LogP contribution in [0.2, 0.25) is 0 Å². The summed E-state index contributed by atoms with van der Waals surface area (Å²) in [5.74, 6) is -0.496. The molecule has 4 nitrogen and oxygen atoms in total. The molecule has 1 N–H and O–H groups in total. The Bertz CT molecular complexity index is 981. The highest BCUT2D eigenvalue weighted by atomic mass is 32.1. The Balaban J connectivity index is 1.67. The molecule has 1 saturated heterocycles. The van der Waals surface area contributed by atoms with Crippen molar-refractivity contribution >= 4 is 27.9 Å². The molecule has 0 saturated carbocycles. The van der Waals surface area contributed by atoms with E-state index in [2.05, 4.69) is 22.3 Å². The number of nitrogens with one attached hydrogen (secondary N) is 1. The first kappa shape index (κ1) is 18.7. The van der Waals surface area contributed by atoms with E-state index in [9.17, 15) is 9.18 Å². The monoisotopic (exact) mass is 396 g/mol. The molecule has 0 atom stereocenters. The number of hydrogen-bond donors (Lipinski definition) is 1. The Hall–Kier alpha value is -2.70. The van der Waals surface area contributed by atoms with Crippen LogP contribution in [0.4, 0.5) is 15.1 Å². The van der Waals surface area contributed by atoms with Crippen molar-refractivity contribution in [3.63, 3.8) is 0 Å². The van der Waals surface area contributed by atoms with E-state index >= 15 is 0 Å². The Morgan fingerprint density at radius 1 is 1.11 bits per heavy atom. The molecule has 1 aliphatic heterocycles. The van der Waals surface area contributed by atoms with Crippen molar-refractivity contribution in [1.29, 1.82) is 0 Å².